The summed E-state index contributed by atoms with van der Waals surface area (Å²) in [7, 11) is -2.45. The van der Waals surface area contributed by atoms with Gasteiger partial charge in [0.2, 0.25) is 10.0 Å². The zero-order valence-electron chi connectivity index (χ0n) is 11.2. The number of benzene rings is 1. The van der Waals surface area contributed by atoms with E-state index < -0.39 is 21.7 Å². The summed E-state index contributed by atoms with van der Waals surface area (Å²) in [6.45, 7) is 4.04. The molecule has 1 aromatic carbocycles. The first-order chi connectivity index (χ1) is 9.35. The van der Waals surface area contributed by atoms with Gasteiger partial charge in [0.25, 0.3) is 0 Å². The van der Waals surface area contributed by atoms with Crippen molar-refractivity contribution in [1.29, 1.82) is 0 Å². The van der Waals surface area contributed by atoms with Gasteiger partial charge in [0.15, 0.2) is 5.75 Å². The number of rotatable bonds is 8. The Bertz CT molecular complexity index is 565. The summed E-state index contributed by atoms with van der Waals surface area (Å²) in [4.78, 5) is 10.5. The van der Waals surface area contributed by atoms with E-state index in [0.29, 0.717) is 12.4 Å². The molecule has 0 saturated heterocycles. The molecular formula is C13H17NO5S. The molecule has 0 bridgehead atoms. The highest BCUT2D eigenvalue weighted by Gasteiger charge is 2.21. The third-order valence-electron chi connectivity index (χ3n) is 2.48. The molecule has 0 spiro atoms. The molecule has 1 aromatic rings. The maximum atomic E-state index is 11.7. The number of nitrogens with zero attached hydrogens (tertiary/aromatic N) is 1. The second kappa shape index (κ2) is 7.06. The van der Waals surface area contributed by atoms with Crippen LogP contribution < -0.4 is 4.74 Å². The first kappa shape index (κ1) is 16.2. The lowest BCUT2D eigenvalue weighted by atomic mass is 10.2. The van der Waals surface area contributed by atoms with Gasteiger partial charge in [-0.25, -0.2) is 12.7 Å². The minimum atomic E-state index is -3.79. The zero-order chi connectivity index (χ0) is 15.2. The molecule has 0 radical (unpaired) electrons. The van der Waals surface area contributed by atoms with Crippen molar-refractivity contribution in [3.05, 3.63) is 42.5 Å². The van der Waals surface area contributed by atoms with Crippen molar-refractivity contribution in [3.63, 3.8) is 0 Å². The summed E-state index contributed by atoms with van der Waals surface area (Å²) in [5.74, 6) is -1.63. The largest absolute Gasteiger partial charge is 0.490 e. The van der Waals surface area contributed by atoms with Gasteiger partial charge in [-0.3, -0.25) is 4.79 Å². The van der Waals surface area contributed by atoms with Gasteiger partial charge in [-0.05, 0) is 17.7 Å². The van der Waals surface area contributed by atoms with Gasteiger partial charge in [-0.1, -0.05) is 24.8 Å². The van der Waals surface area contributed by atoms with Crippen molar-refractivity contribution in [3.8, 4) is 5.75 Å². The van der Waals surface area contributed by atoms with Crippen LogP contribution >= 0.6 is 0 Å². The normalized spacial score (nSPS) is 11.3. The molecule has 0 fully saturated rings. The molecule has 7 heteroatoms. The fourth-order valence-corrected chi connectivity index (χ4v) is 2.35. The van der Waals surface area contributed by atoms with E-state index in [9.17, 15) is 13.2 Å². The van der Waals surface area contributed by atoms with Crippen LogP contribution in [-0.2, 0) is 21.4 Å². The van der Waals surface area contributed by atoms with Crippen molar-refractivity contribution < 1.29 is 23.1 Å². The van der Waals surface area contributed by atoms with E-state index >= 15 is 0 Å². The highest BCUT2D eigenvalue weighted by Crippen LogP contribution is 2.14. The zero-order valence-corrected chi connectivity index (χ0v) is 12.0. The maximum absolute atomic E-state index is 11.7. The van der Waals surface area contributed by atoms with Crippen LogP contribution in [0.25, 0.3) is 0 Å². The third-order valence-corrected chi connectivity index (χ3v) is 4.17. The summed E-state index contributed by atoms with van der Waals surface area (Å²) in [6.07, 6.45) is 1.63. The molecule has 0 atom stereocenters. The Morgan fingerprint density at radius 3 is 2.50 bits per heavy atom. The number of aliphatic carboxylic acids is 1. The van der Waals surface area contributed by atoms with E-state index in [1.807, 2.05) is 0 Å². The Labute approximate surface area is 118 Å². The molecule has 20 heavy (non-hydrogen) atoms. The molecule has 6 nitrogen and oxygen atoms in total. The predicted octanol–water partition coefficient (Wildman–Crippen LogP) is 1.10. The molecule has 0 aromatic heterocycles. The number of ether oxygens (including phenoxy) is 1. The molecule has 0 unspecified atom stereocenters. The molecule has 0 aliphatic heterocycles. The fraction of sp³-hybridized carbons (Fsp3) is 0.308. The van der Waals surface area contributed by atoms with Crippen LogP contribution in [0, 0.1) is 0 Å². The third kappa shape index (κ3) is 5.02. The Kier molecular flexibility index (Phi) is 5.72. The Hall–Kier alpha value is -1.86. The van der Waals surface area contributed by atoms with Crippen LogP contribution in [0.4, 0.5) is 0 Å². The van der Waals surface area contributed by atoms with Gasteiger partial charge < -0.3 is 9.84 Å². The Morgan fingerprint density at radius 2 is 2.00 bits per heavy atom. The summed E-state index contributed by atoms with van der Waals surface area (Å²) < 4.78 is 29.6. The van der Waals surface area contributed by atoms with E-state index in [0.717, 1.165) is 9.87 Å². The monoisotopic (exact) mass is 299 g/mol. The lowest BCUT2D eigenvalue weighted by Crippen LogP contribution is -2.31. The minimum absolute atomic E-state index is 0.108. The van der Waals surface area contributed by atoms with Gasteiger partial charge in [-0.2, -0.15) is 0 Å². The van der Waals surface area contributed by atoms with Gasteiger partial charge in [0.05, 0.1) is 0 Å². The van der Waals surface area contributed by atoms with Crippen LogP contribution in [-0.4, -0.2) is 43.2 Å². The van der Waals surface area contributed by atoms with Crippen molar-refractivity contribution in [2.75, 3.05) is 19.4 Å². The Morgan fingerprint density at radius 1 is 1.40 bits per heavy atom. The second-order valence-corrected chi connectivity index (χ2v) is 6.23. The number of hydrogen-bond donors (Lipinski definition) is 1. The molecule has 0 aliphatic carbocycles. The molecule has 0 aliphatic rings. The van der Waals surface area contributed by atoms with Gasteiger partial charge in [-0.15, -0.1) is 0 Å². The van der Waals surface area contributed by atoms with E-state index in [-0.39, 0.29) is 6.54 Å². The highest BCUT2D eigenvalue weighted by atomic mass is 32.2. The molecule has 1 rings (SSSR count). The predicted molar refractivity (Wildman–Crippen MR) is 75.0 cm³/mol. The van der Waals surface area contributed by atoms with Crippen LogP contribution in [0.3, 0.4) is 0 Å². The maximum Gasteiger partial charge on any atom is 0.320 e. The minimum Gasteiger partial charge on any atom is -0.490 e. The van der Waals surface area contributed by atoms with E-state index in [1.165, 1.54) is 7.05 Å². The smallest absolute Gasteiger partial charge is 0.320 e. The quantitative estimate of drug-likeness (QED) is 0.727. The summed E-state index contributed by atoms with van der Waals surface area (Å²) >= 11 is 0. The average Bonchev–Trinajstić information content (AvgIpc) is 2.36. The number of carboxylic acids is 1. The molecule has 0 amide bonds. The van der Waals surface area contributed by atoms with Crippen molar-refractivity contribution in [1.82, 2.24) is 4.31 Å². The molecule has 0 saturated carbocycles. The van der Waals surface area contributed by atoms with E-state index in [1.54, 1.807) is 30.3 Å². The first-order valence-electron chi connectivity index (χ1n) is 5.83. The van der Waals surface area contributed by atoms with Crippen LogP contribution in [0.15, 0.2) is 36.9 Å². The van der Waals surface area contributed by atoms with Gasteiger partial charge in [0, 0.05) is 13.6 Å². The first-order valence-corrected chi connectivity index (χ1v) is 7.44. The topological polar surface area (TPSA) is 83.9 Å². The standard InChI is InChI=1S/C13H17NO5S/c1-3-8-19-12-6-4-11(5-7-12)9-14(2)20(17,18)10-13(15)16/h3-7H,1,8-10H2,2H3,(H,15,16). The van der Waals surface area contributed by atoms with Crippen LogP contribution in [0.2, 0.25) is 0 Å². The number of hydrogen-bond acceptors (Lipinski definition) is 4. The molecule has 1 N–H and O–H groups in total. The van der Waals surface area contributed by atoms with Gasteiger partial charge >= 0.3 is 5.97 Å². The SMILES string of the molecule is C=CCOc1ccc(CN(C)S(=O)(=O)CC(=O)O)cc1. The van der Waals surface area contributed by atoms with Crippen LogP contribution in [0.5, 0.6) is 5.75 Å². The van der Waals surface area contributed by atoms with Crippen molar-refractivity contribution in [2.45, 2.75) is 6.54 Å². The number of sulfonamides is 1. The van der Waals surface area contributed by atoms with Gasteiger partial charge in [0.1, 0.15) is 12.4 Å². The number of carbonyl (C=O) groups is 1. The van der Waals surface area contributed by atoms with Crippen molar-refractivity contribution >= 4 is 16.0 Å². The highest BCUT2D eigenvalue weighted by molar-refractivity contribution is 7.89. The van der Waals surface area contributed by atoms with Crippen molar-refractivity contribution in [2.24, 2.45) is 0 Å². The molecule has 0 heterocycles. The summed E-state index contributed by atoms with van der Waals surface area (Å²) in [5, 5.41) is 8.55. The Balaban J connectivity index is 2.68. The summed E-state index contributed by atoms with van der Waals surface area (Å²) in [6, 6.07) is 6.89. The molecule has 110 valence electrons. The average molecular weight is 299 g/mol. The lowest BCUT2D eigenvalue weighted by Gasteiger charge is -2.16. The van der Waals surface area contributed by atoms with E-state index in [2.05, 4.69) is 6.58 Å². The second-order valence-electron chi connectivity index (χ2n) is 4.15. The summed E-state index contributed by atoms with van der Waals surface area (Å²) in [5.41, 5.74) is 0.743. The molecular weight excluding hydrogens is 282 g/mol. The number of carboxylic acid groups (broad SMARTS) is 1. The lowest BCUT2D eigenvalue weighted by molar-refractivity contribution is -0.134. The van der Waals surface area contributed by atoms with Crippen LogP contribution in [0.1, 0.15) is 5.56 Å². The van der Waals surface area contributed by atoms with E-state index in [4.69, 9.17) is 9.84 Å². The fourth-order valence-electron chi connectivity index (χ4n) is 1.47.